The standard InChI is InChI=1S/C9H10N4O2S/c1-5-11-7(9(14)15)8(16-5)12-6-3-10-13(2)4-6/h3-4,12H,1-2H3,(H,14,15). The van der Waals surface area contributed by atoms with E-state index in [2.05, 4.69) is 15.4 Å². The molecule has 0 saturated carbocycles. The van der Waals surface area contributed by atoms with Crippen LogP contribution in [0.5, 0.6) is 0 Å². The number of hydrogen-bond acceptors (Lipinski definition) is 5. The number of carboxylic acids is 1. The van der Waals surface area contributed by atoms with Crippen LogP contribution >= 0.6 is 11.3 Å². The SMILES string of the molecule is Cc1nc(C(=O)O)c(Nc2cnn(C)c2)s1. The Morgan fingerprint density at radius 3 is 2.94 bits per heavy atom. The smallest absolute Gasteiger partial charge is 0.357 e. The lowest BCUT2D eigenvalue weighted by molar-refractivity contribution is 0.0692. The number of aromatic nitrogens is 3. The Morgan fingerprint density at radius 2 is 2.38 bits per heavy atom. The molecule has 0 radical (unpaired) electrons. The number of aromatic carboxylic acids is 1. The molecule has 0 saturated heterocycles. The minimum absolute atomic E-state index is 0.0475. The maximum absolute atomic E-state index is 10.9. The first kappa shape index (κ1) is 10.6. The van der Waals surface area contributed by atoms with E-state index in [0.29, 0.717) is 10.0 Å². The minimum atomic E-state index is -1.03. The predicted molar refractivity (Wildman–Crippen MR) is 60.3 cm³/mol. The van der Waals surface area contributed by atoms with Gasteiger partial charge in [0, 0.05) is 13.2 Å². The van der Waals surface area contributed by atoms with Crippen LogP contribution in [0.2, 0.25) is 0 Å². The van der Waals surface area contributed by atoms with Crippen LogP contribution in [-0.4, -0.2) is 25.8 Å². The van der Waals surface area contributed by atoms with Crippen molar-refractivity contribution in [3.8, 4) is 0 Å². The molecule has 0 spiro atoms. The topological polar surface area (TPSA) is 80.0 Å². The van der Waals surface area contributed by atoms with Gasteiger partial charge in [0.05, 0.1) is 16.9 Å². The molecule has 0 aliphatic carbocycles. The fourth-order valence-electron chi connectivity index (χ4n) is 1.27. The van der Waals surface area contributed by atoms with Gasteiger partial charge in [-0.25, -0.2) is 9.78 Å². The molecule has 2 rings (SSSR count). The lowest BCUT2D eigenvalue weighted by Crippen LogP contribution is -2.00. The highest BCUT2D eigenvalue weighted by Crippen LogP contribution is 2.27. The maximum atomic E-state index is 10.9. The summed E-state index contributed by atoms with van der Waals surface area (Å²) in [6.45, 7) is 1.77. The number of carboxylic acid groups (broad SMARTS) is 1. The first-order valence-corrected chi connectivity index (χ1v) is 5.34. The van der Waals surface area contributed by atoms with Crippen molar-refractivity contribution >= 4 is 28.0 Å². The molecule has 0 amide bonds. The highest BCUT2D eigenvalue weighted by molar-refractivity contribution is 7.16. The van der Waals surface area contributed by atoms with E-state index in [9.17, 15) is 4.79 Å². The van der Waals surface area contributed by atoms with E-state index < -0.39 is 5.97 Å². The molecule has 6 nitrogen and oxygen atoms in total. The van der Waals surface area contributed by atoms with Crippen LogP contribution in [0.3, 0.4) is 0 Å². The molecule has 0 unspecified atom stereocenters. The number of rotatable bonds is 3. The predicted octanol–water partition coefficient (Wildman–Crippen LogP) is 1.63. The van der Waals surface area contributed by atoms with Crippen molar-refractivity contribution in [3.63, 3.8) is 0 Å². The Labute approximate surface area is 95.6 Å². The molecule has 0 aliphatic heterocycles. The van der Waals surface area contributed by atoms with Crippen LogP contribution in [0.25, 0.3) is 0 Å². The largest absolute Gasteiger partial charge is 0.476 e. The molecular weight excluding hydrogens is 228 g/mol. The van der Waals surface area contributed by atoms with Crippen LogP contribution in [0.15, 0.2) is 12.4 Å². The lowest BCUT2D eigenvalue weighted by Gasteiger charge is -1.99. The van der Waals surface area contributed by atoms with Crippen LogP contribution in [-0.2, 0) is 7.05 Å². The van der Waals surface area contributed by atoms with E-state index in [1.807, 2.05) is 0 Å². The van der Waals surface area contributed by atoms with Crippen LogP contribution < -0.4 is 5.32 Å². The summed E-state index contributed by atoms with van der Waals surface area (Å²) >= 11 is 1.31. The first-order chi connectivity index (χ1) is 7.56. The summed E-state index contributed by atoms with van der Waals surface area (Å²) in [5, 5.41) is 17.2. The van der Waals surface area contributed by atoms with Gasteiger partial charge in [-0.15, -0.1) is 11.3 Å². The maximum Gasteiger partial charge on any atom is 0.357 e. The molecule has 2 N–H and O–H groups in total. The summed E-state index contributed by atoms with van der Waals surface area (Å²) in [6.07, 6.45) is 3.39. The number of nitrogens with one attached hydrogen (secondary N) is 1. The van der Waals surface area contributed by atoms with Crippen molar-refractivity contribution < 1.29 is 9.90 Å². The van der Waals surface area contributed by atoms with Gasteiger partial charge in [-0.3, -0.25) is 4.68 Å². The Balaban J connectivity index is 2.30. The fourth-order valence-corrected chi connectivity index (χ4v) is 2.10. The van der Waals surface area contributed by atoms with Gasteiger partial charge >= 0.3 is 5.97 Å². The van der Waals surface area contributed by atoms with Gasteiger partial charge in [0.25, 0.3) is 0 Å². The number of hydrogen-bond donors (Lipinski definition) is 2. The molecule has 7 heteroatoms. The summed E-state index contributed by atoms with van der Waals surface area (Å²) in [6, 6.07) is 0. The lowest BCUT2D eigenvalue weighted by atomic mass is 10.4. The molecule has 0 fully saturated rings. The molecule has 2 aromatic rings. The van der Waals surface area contributed by atoms with Crippen molar-refractivity contribution in [1.82, 2.24) is 14.8 Å². The van der Waals surface area contributed by atoms with Gasteiger partial charge in [-0.2, -0.15) is 5.10 Å². The average molecular weight is 238 g/mol. The number of anilines is 2. The van der Waals surface area contributed by atoms with Crippen molar-refractivity contribution in [2.75, 3.05) is 5.32 Å². The van der Waals surface area contributed by atoms with Gasteiger partial charge in [-0.1, -0.05) is 0 Å². The third-order valence-electron chi connectivity index (χ3n) is 1.90. The summed E-state index contributed by atoms with van der Waals surface area (Å²) in [7, 11) is 1.79. The molecule has 0 aromatic carbocycles. The monoisotopic (exact) mass is 238 g/mol. The Hall–Kier alpha value is -1.89. The average Bonchev–Trinajstić information content (AvgIpc) is 2.74. The van der Waals surface area contributed by atoms with E-state index in [-0.39, 0.29) is 5.69 Å². The zero-order chi connectivity index (χ0) is 11.7. The third kappa shape index (κ3) is 2.03. The second-order valence-corrected chi connectivity index (χ2v) is 4.45. The van der Waals surface area contributed by atoms with Crippen LogP contribution in [0, 0.1) is 6.92 Å². The molecule has 2 aromatic heterocycles. The van der Waals surface area contributed by atoms with Crippen molar-refractivity contribution in [2.45, 2.75) is 6.92 Å². The number of aryl methyl sites for hydroxylation is 2. The fraction of sp³-hybridized carbons (Fsp3) is 0.222. The molecule has 2 heterocycles. The molecule has 0 bridgehead atoms. The van der Waals surface area contributed by atoms with Crippen LogP contribution in [0.4, 0.5) is 10.7 Å². The molecule has 0 atom stereocenters. The van der Waals surface area contributed by atoms with E-state index in [1.54, 1.807) is 31.0 Å². The van der Waals surface area contributed by atoms with E-state index >= 15 is 0 Å². The van der Waals surface area contributed by atoms with Crippen molar-refractivity contribution in [2.24, 2.45) is 7.05 Å². The van der Waals surface area contributed by atoms with Crippen molar-refractivity contribution in [3.05, 3.63) is 23.1 Å². The second-order valence-electron chi connectivity index (χ2n) is 3.24. The van der Waals surface area contributed by atoms with Gasteiger partial charge in [0.15, 0.2) is 5.69 Å². The second kappa shape index (κ2) is 3.93. The first-order valence-electron chi connectivity index (χ1n) is 4.52. The summed E-state index contributed by atoms with van der Waals surface area (Å²) in [4.78, 5) is 14.9. The van der Waals surface area contributed by atoms with Crippen molar-refractivity contribution in [1.29, 1.82) is 0 Å². The van der Waals surface area contributed by atoms with Gasteiger partial charge < -0.3 is 10.4 Å². The summed E-state index contributed by atoms with van der Waals surface area (Å²) in [5.41, 5.74) is 0.792. The zero-order valence-corrected chi connectivity index (χ0v) is 9.58. The molecule has 84 valence electrons. The normalized spacial score (nSPS) is 10.4. The Kier molecular flexibility index (Phi) is 2.61. The number of nitrogens with zero attached hydrogens (tertiary/aromatic N) is 3. The van der Waals surface area contributed by atoms with E-state index in [4.69, 9.17) is 5.11 Å². The van der Waals surface area contributed by atoms with Gasteiger partial charge in [0.1, 0.15) is 5.00 Å². The summed E-state index contributed by atoms with van der Waals surface area (Å²) < 4.78 is 1.64. The van der Waals surface area contributed by atoms with E-state index in [1.165, 1.54) is 11.3 Å². The quantitative estimate of drug-likeness (QED) is 0.849. The molecular formula is C9H10N4O2S. The minimum Gasteiger partial charge on any atom is -0.476 e. The highest BCUT2D eigenvalue weighted by atomic mass is 32.1. The number of carbonyl (C=O) groups is 1. The Bertz CT molecular complexity index is 531. The van der Waals surface area contributed by atoms with Crippen LogP contribution in [0.1, 0.15) is 15.5 Å². The van der Waals surface area contributed by atoms with Gasteiger partial charge in [0.2, 0.25) is 0 Å². The third-order valence-corrected chi connectivity index (χ3v) is 2.79. The number of thiazole rings is 1. The Morgan fingerprint density at radius 1 is 1.62 bits per heavy atom. The molecule has 16 heavy (non-hydrogen) atoms. The van der Waals surface area contributed by atoms with Gasteiger partial charge in [-0.05, 0) is 6.92 Å². The highest BCUT2D eigenvalue weighted by Gasteiger charge is 2.16. The molecule has 0 aliphatic rings. The summed E-state index contributed by atoms with van der Waals surface area (Å²) in [5.74, 6) is -1.03. The zero-order valence-electron chi connectivity index (χ0n) is 8.76. The van der Waals surface area contributed by atoms with E-state index in [0.717, 1.165) is 5.69 Å².